The summed E-state index contributed by atoms with van der Waals surface area (Å²) in [6.45, 7) is 5.84. The van der Waals surface area contributed by atoms with Crippen LogP contribution in [-0.2, 0) is 0 Å². The smallest absolute Gasteiger partial charge is 0.169 e. The van der Waals surface area contributed by atoms with Gasteiger partial charge in [0.15, 0.2) is 5.78 Å². The summed E-state index contributed by atoms with van der Waals surface area (Å²) in [5, 5.41) is 1.26. The van der Waals surface area contributed by atoms with Crippen LogP contribution in [0.3, 0.4) is 0 Å². The van der Waals surface area contributed by atoms with Crippen LogP contribution in [0.1, 0.15) is 26.3 Å². The molecule has 0 radical (unpaired) electrons. The first-order chi connectivity index (χ1) is 6.09. The molecule has 68 valence electrons. The standard InChI is InChI=1S/C10H10OS2/c1-5(11)9-4-8-6(2)12-7(3)10(8)13-9/h4H,1-3H3. The van der Waals surface area contributed by atoms with Crippen molar-refractivity contribution in [3.63, 3.8) is 0 Å². The van der Waals surface area contributed by atoms with Gasteiger partial charge in [-0.3, -0.25) is 4.79 Å². The average molecular weight is 210 g/mol. The number of Topliss-reactive ketones (excluding diaryl/α,β-unsaturated/α-hetero) is 1. The van der Waals surface area contributed by atoms with Crippen LogP contribution in [0.15, 0.2) is 6.07 Å². The predicted molar refractivity (Wildman–Crippen MR) is 59.2 cm³/mol. The van der Waals surface area contributed by atoms with Crippen molar-refractivity contribution in [1.29, 1.82) is 0 Å². The van der Waals surface area contributed by atoms with E-state index in [0.29, 0.717) is 0 Å². The topological polar surface area (TPSA) is 17.1 Å². The molecule has 2 rings (SSSR count). The van der Waals surface area contributed by atoms with Crippen LogP contribution in [0, 0.1) is 13.8 Å². The summed E-state index contributed by atoms with van der Waals surface area (Å²) in [5.41, 5.74) is 0. The molecule has 0 N–H and O–H groups in total. The number of fused-ring (bicyclic) bond motifs is 1. The Bertz CT molecular complexity index is 442. The van der Waals surface area contributed by atoms with Gasteiger partial charge in [-0.15, -0.1) is 22.7 Å². The molecule has 0 saturated carbocycles. The maximum Gasteiger partial charge on any atom is 0.169 e. The molecule has 2 aromatic rings. The first kappa shape index (κ1) is 8.91. The van der Waals surface area contributed by atoms with Gasteiger partial charge in [0.25, 0.3) is 0 Å². The van der Waals surface area contributed by atoms with Crippen LogP contribution >= 0.6 is 22.7 Å². The van der Waals surface area contributed by atoms with Gasteiger partial charge in [0.1, 0.15) is 0 Å². The fourth-order valence-electron chi connectivity index (χ4n) is 1.42. The Hall–Kier alpha value is -0.670. The number of thiophene rings is 2. The van der Waals surface area contributed by atoms with Crippen LogP contribution in [-0.4, -0.2) is 5.78 Å². The maximum absolute atomic E-state index is 11.1. The summed E-state index contributed by atoms with van der Waals surface area (Å²) >= 11 is 3.42. The first-order valence-corrected chi connectivity index (χ1v) is 5.73. The number of hydrogen-bond donors (Lipinski definition) is 0. The number of aryl methyl sites for hydroxylation is 2. The minimum absolute atomic E-state index is 0.171. The van der Waals surface area contributed by atoms with E-state index in [1.807, 2.05) is 17.4 Å². The van der Waals surface area contributed by atoms with Gasteiger partial charge in [-0.1, -0.05) is 0 Å². The highest BCUT2D eigenvalue weighted by molar-refractivity contribution is 7.25. The Balaban J connectivity index is 2.76. The Morgan fingerprint density at radius 3 is 2.46 bits per heavy atom. The highest BCUT2D eigenvalue weighted by Crippen LogP contribution is 2.36. The summed E-state index contributed by atoms with van der Waals surface area (Å²) in [4.78, 5) is 14.7. The lowest BCUT2D eigenvalue weighted by Gasteiger charge is -1.84. The van der Waals surface area contributed by atoms with Crippen LogP contribution in [0.4, 0.5) is 0 Å². The second kappa shape index (κ2) is 2.93. The lowest BCUT2D eigenvalue weighted by Crippen LogP contribution is -1.83. The summed E-state index contributed by atoms with van der Waals surface area (Å²) in [5.74, 6) is 0.171. The third kappa shape index (κ3) is 1.32. The minimum Gasteiger partial charge on any atom is -0.294 e. The van der Waals surface area contributed by atoms with E-state index in [1.165, 1.54) is 19.8 Å². The molecule has 0 bridgehead atoms. The largest absolute Gasteiger partial charge is 0.294 e. The van der Waals surface area contributed by atoms with Crippen molar-refractivity contribution in [2.75, 3.05) is 0 Å². The molecule has 13 heavy (non-hydrogen) atoms. The average Bonchev–Trinajstić information content (AvgIpc) is 2.55. The molecule has 0 unspecified atom stereocenters. The SMILES string of the molecule is CC(=O)c1cc2c(C)sc(C)c2s1. The van der Waals surface area contributed by atoms with E-state index in [2.05, 4.69) is 13.8 Å². The van der Waals surface area contributed by atoms with E-state index < -0.39 is 0 Å². The van der Waals surface area contributed by atoms with Gasteiger partial charge in [0, 0.05) is 19.8 Å². The molecule has 0 aliphatic heterocycles. The van der Waals surface area contributed by atoms with E-state index in [9.17, 15) is 4.79 Å². The summed E-state index contributed by atoms with van der Waals surface area (Å²) in [6.07, 6.45) is 0. The molecule has 2 heterocycles. The maximum atomic E-state index is 11.1. The molecule has 0 atom stereocenters. The zero-order valence-corrected chi connectivity index (χ0v) is 9.44. The molecule has 2 aromatic heterocycles. The van der Waals surface area contributed by atoms with Gasteiger partial charge in [-0.2, -0.15) is 0 Å². The van der Waals surface area contributed by atoms with Crippen molar-refractivity contribution in [2.24, 2.45) is 0 Å². The van der Waals surface area contributed by atoms with E-state index in [1.54, 1.807) is 18.3 Å². The predicted octanol–water partition coefficient (Wildman–Crippen LogP) is 3.78. The Morgan fingerprint density at radius 1 is 1.23 bits per heavy atom. The van der Waals surface area contributed by atoms with Crippen molar-refractivity contribution in [1.82, 2.24) is 0 Å². The zero-order chi connectivity index (χ0) is 9.59. The van der Waals surface area contributed by atoms with Crippen molar-refractivity contribution in [3.05, 3.63) is 20.7 Å². The molecule has 0 amide bonds. The van der Waals surface area contributed by atoms with Crippen molar-refractivity contribution < 1.29 is 4.79 Å². The summed E-state index contributed by atoms with van der Waals surface area (Å²) in [7, 11) is 0. The second-order valence-electron chi connectivity index (χ2n) is 3.12. The van der Waals surface area contributed by atoms with Gasteiger partial charge in [-0.05, 0) is 26.8 Å². The minimum atomic E-state index is 0.171. The molecule has 0 fully saturated rings. The van der Waals surface area contributed by atoms with Crippen LogP contribution in [0.25, 0.3) is 10.1 Å². The van der Waals surface area contributed by atoms with E-state index in [0.717, 1.165) is 4.88 Å². The van der Waals surface area contributed by atoms with Crippen LogP contribution < -0.4 is 0 Å². The van der Waals surface area contributed by atoms with Gasteiger partial charge in [0.05, 0.1) is 4.88 Å². The Labute approximate surface area is 85.0 Å². The quantitative estimate of drug-likeness (QED) is 0.655. The molecule has 0 spiro atoms. The van der Waals surface area contributed by atoms with Gasteiger partial charge < -0.3 is 0 Å². The van der Waals surface area contributed by atoms with Crippen LogP contribution in [0.2, 0.25) is 0 Å². The highest BCUT2D eigenvalue weighted by Gasteiger charge is 2.11. The monoisotopic (exact) mass is 210 g/mol. The molecule has 0 aromatic carbocycles. The zero-order valence-electron chi connectivity index (χ0n) is 7.80. The number of carbonyl (C=O) groups is 1. The van der Waals surface area contributed by atoms with Gasteiger partial charge >= 0.3 is 0 Å². The van der Waals surface area contributed by atoms with Crippen molar-refractivity contribution >= 4 is 38.5 Å². The molecule has 1 nitrogen and oxygen atoms in total. The third-order valence-corrected chi connectivity index (χ3v) is 4.61. The molecule has 0 aliphatic rings. The molecule has 3 heteroatoms. The molecule has 0 aliphatic carbocycles. The van der Waals surface area contributed by atoms with Crippen LogP contribution in [0.5, 0.6) is 0 Å². The van der Waals surface area contributed by atoms with E-state index >= 15 is 0 Å². The Kier molecular flexibility index (Phi) is 2.00. The fourth-order valence-corrected chi connectivity index (χ4v) is 3.67. The number of ketones is 1. The first-order valence-electron chi connectivity index (χ1n) is 4.10. The second-order valence-corrected chi connectivity index (χ2v) is 5.61. The number of hydrogen-bond acceptors (Lipinski definition) is 3. The normalized spacial score (nSPS) is 11.0. The lowest BCUT2D eigenvalue weighted by molar-refractivity contribution is 0.102. The summed E-state index contributed by atoms with van der Waals surface area (Å²) in [6, 6.07) is 2.02. The molecular formula is C10H10OS2. The Morgan fingerprint density at radius 2 is 1.92 bits per heavy atom. The molecular weight excluding hydrogens is 200 g/mol. The van der Waals surface area contributed by atoms with Crippen molar-refractivity contribution in [3.8, 4) is 0 Å². The fraction of sp³-hybridized carbons (Fsp3) is 0.300. The summed E-state index contributed by atoms with van der Waals surface area (Å²) < 4.78 is 1.28. The third-order valence-electron chi connectivity index (χ3n) is 2.08. The lowest BCUT2D eigenvalue weighted by atomic mass is 10.2. The van der Waals surface area contributed by atoms with Gasteiger partial charge in [0.2, 0.25) is 0 Å². The molecule has 0 saturated heterocycles. The van der Waals surface area contributed by atoms with E-state index in [-0.39, 0.29) is 5.78 Å². The van der Waals surface area contributed by atoms with Gasteiger partial charge in [-0.25, -0.2) is 0 Å². The van der Waals surface area contributed by atoms with Crippen molar-refractivity contribution in [2.45, 2.75) is 20.8 Å². The number of carbonyl (C=O) groups excluding carboxylic acids is 1. The van der Waals surface area contributed by atoms with E-state index in [4.69, 9.17) is 0 Å². The highest BCUT2D eigenvalue weighted by atomic mass is 32.1. The number of rotatable bonds is 1.